The average Bonchev–Trinajstić information content (AvgIpc) is 2.81. The molecule has 0 saturated heterocycles. The zero-order valence-electron chi connectivity index (χ0n) is 9.99. The van der Waals surface area contributed by atoms with Gasteiger partial charge in [-0.05, 0) is 40.2 Å². The number of hydrogen-bond acceptors (Lipinski definition) is 2. The molecular weight excluding hydrogens is 326 g/mol. The van der Waals surface area contributed by atoms with Crippen LogP contribution in [0.5, 0.6) is 0 Å². The molecule has 0 fully saturated rings. The predicted octanol–water partition coefficient (Wildman–Crippen LogP) is 5.46. The second kappa shape index (κ2) is 5.27. The average molecular weight is 337 g/mol. The van der Waals surface area contributed by atoms with Gasteiger partial charge in [0.05, 0.1) is 6.26 Å². The number of benzene rings is 2. The van der Waals surface area contributed by atoms with Crippen molar-refractivity contribution in [2.24, 2.45) is 0 Å². The third kappa shape index (κ3) is 2.62. The maximum Gasteiger partial charge on any atom is 0.134 e. The lowest BCUT2D eigenvalue weighted by atomic mass is 10.2. The summed E-state index contributed by atoms with van der Waals surface area (Å²) >= 11 is 9.41. The van der Waals surface area contributed by atoms with Crippen LogP contribution in [-0.2, 0) is 6.54 Å². The quantitative estimate of drug-likeness (QED) is 0.687. The molecule has 1 aromatic heterocycles. The lowest BCUT2D eigenvalue weighted by molar-refractivity contribution is 0.611. The van der Waals surface area contributed by atoms with Crippen molar-refractivity contribution in [2.45, 2.75) is 6.54 Å². The van der Waals surface area contributed by atoms with E-state index in [1.54, 1.807) is 6.26 Å². The van der Waals surface area contributed by atoms with Crippen LogP contribution in [0.3, 0.4) is 0 Å². The fraction of sp³-hybridized carbons (Fsp3) is 0.0667. The van der Waals surface area contributed by atoms with Gasteiger partial charge < -0.3 is 9.73 Å². The highest BCUT2D eigenvalue weighted by Gasteiger charge is 2.06. The molecule has 0 spiro atoms. The SMILES string of the molecule is Clc1ccc(NCc2coc3ccccc23)c(Br)c1. The van der Waals surface area contributed by atoms with Crippen LogP contribution in [0.25, 0.3) is 11.0 Å². The molecule has 0 aliphatic carbocycles. The Kier molecular flexibility index (Phi) is 3.49. The molecule has 0 unspecified atom stereocenters. The van der Waals surface area contributed by atoms with Gasteiger partial charge in [-0.25, -0.2) is 0 Å². The Morgan fingerprint density at radius 3 is 2.84 bits per heavy atom. The highest BCUT2D eigenvalue weighted by molar-refractivity contribution is 9.10. The minimum absolute atomic E-state index is 0.706. The van der Waals surface area contributed by atoms with Crippen LogP contribution >= 0.6 is 27.5 Å². The van der Waals surface area contributed by atoms with E-state index in [2.05, 4.69) is 27.3 Å². The van der Waals surface area contributed by atoms with E-state index in [0.29, 0.717) is 11.6 Å². The lowest BCUT2D eigenvalue weighted by Crippen LogP contribution is -1.99. The monoisotopic (exact) mass is 335 g/mol. The molecule has 2 nitrogen and oxygen atoms in total. The lowest BCUT2D eigenvalue weighted by Gasteiger charge is -2.07. The summed E-state index contributed by atoms with van der Waals surface area (Å²) in [6, 6.07) is 13.7. The van der Waals surface area contributed by atoms with E-state index in [9.17, 15) is 0 Å². The molecule has 4 heteroatoms. The molecule has 1 N–H and O–H groups in total. The van der Waals surface area contributed by atoms with Crippen LogP contribution in [0.15, 0.2) is 57.6 Å². The van der Waals surface area contributed by atoms with Crippen molar-refractivity contribution in [2.75, 3.05) is 5.32 Å². The number of nitrogens with one attached hydrogen (secondary N) is 1. The van der Waals surface area contributed by atoms with Crippen LogP contribution < -0.4 is 5.32 Å². The number of halogens is 2. The minimum Gasteiger partial charge on any atom is -0.464 e. The van der Waals surface area contributed by atoms with E-state index in [1.165, 1.54) is 0 Å². The maximum atomic E-state index is 5.92. The summed E-state index contributed by atoms with van der Waals surface area (Å²) in [7, 11) is 0. The number of para-hydroxylation sites is 1. The molecule has 1 heterocycles. The van der Waals surface area contributed by atoms with Gasteiger partial charge in [-0.1, -0.05) is 29.8 Å². The normalized spacial score (nSPS) is 10.8. The Morgan fingerprint density at radius 2 is 2.00 bits per heavy atom. The summed E-state index contributed by atoms with van der Waals surface area (Å²) in [5, 5.41) is 5.22. The zero-order valence-corrected chi connectivity index (χ0v) is 12.3. The van der Waals surface area contributed by atoms with E-state index >= 15 is 0 Å². The Hall–Kier alpha value is -1.45. The number of hydrogen-bond donors (Lipinski definition) is 1. The summed E-state index contributed by atoms with van der Waals surface area (Å²) in [4.78, 5) is 0. The first-order chi connectivity index (χ1) is 9.24. The highest BCUT2D eigenvalue weighted by Crippen LogP contribution is 2.27. The molecule has 0 atom stereocenters. The van der Waals surface area contributed by atoms with Gasteiger partial charge in [-0.2, -0.15) is 0 Å². The molecule has 3 rings (SSSR count). The van der Waals surface area contributed by atoms with E-state index in [1.807, 2.05) is 36.4 Å². The number of anilines is 1. The predicted molar refractivity (Wildman–Crippen MR) is 82.7 cm³/mol. The highest BCUT2D eigenvalue weighted by atomic mass is 79.9. The van der Waals surface area contributed by atoms with Gasteiger partial charge in [0.2, 0.25) is 0 Å². The third-order valence-electron chi connectivity index (χ3n) is 2.96. The summed E-state index contributed by atoms with van der Waals surface area (Å²) < 4.78 is 6.47. The van der Waals surface area contributed by atoms with Crippen molar-refractivity contribution in [1.82, 2.24) is 0 Å². The maximum absolute atomic E-state index is 5.92. The van der Waals surface area contributed by atoms with Crippen molar-refractivity contribution in [3.05, 3.63) is 63.8 Å². The van der Waals surface area contributed by atoms with Crippen LogP contribution in [0.2, 0.25) is 5.02 Å². The minimum atomic E-state index is 0.706. The first kappa shape index (κ1) is 12.6. The van der Waals surface area contributed by atoms with E-state index in [0.717, 1.165) is 26.7 Å². The number of rotatable bonds is 3. The summed E-state index contributed by atoms with van der Waals surface area (Å²) in [5.74, 6) is 0. The Morgan fingerprint density at radius 1 is 1.16 bits per heavy atom. The van der Waals surface area contributed by atoms with E-state index in [4.69, 9.17) is 16.0 Å². The van der Waals surface area contributed by atoms with Crippen molar-refractivity contribution >= 4 is 44.2 Å². The molecule has 2 aromatic carbocycles. The summed E-state index contributed by atoms with van der Waals surface area (Å²) in [6.07, 6.45) is 1.79. The molecule has 0 aliphatic heterocycles. The molecule has 3 aromatic rings. The summed E-state index contributed by atoms with van der Waals surface area (Å²) in [6.45, 7) is 0.706. The van der Waals surface area contributed by atoms with Crippen LogP contribution in [0.1, 0.15) is 5.56 Å². The van der Waals surface area contributed by atoms with Crippen molar-refractivity contribution < 1.29 is 4.42 Å². The summed E-state index contributed by atoms with van der Waals surface area (Å²) in [5.41, 5.74) is 3.06. The largest absolute Gasteiger partial charge is 0.464 e. The molecule has 0 saturated carbocycles. The van der Waals surface area contributed by atoms with Crippen molar-refractivity contribution in [3.63, 3.8) is 0 Å². The first-order valence-electron chi connectivity index (χ1n) is 5.88. The molecule has 96 valence electrons. The van der Waals surface area contributed by atoms with Crippen molar-refractivity contribution in [1.29, 1.82) is 0 Å². The smallest absolute Gasteiger partial charge is 0.134 e. The van der Waals surface area contributed by atoms with Gasteiger partial charge in [-0.3, -0.25) is 0 Å². The Balaban J connectivity index is 1.82. The van der Waals surface area contributed by atoms with Crippen LogP contribution in [0.4, 0.5) is 5.69 Å². The Bertz CT molecular complexity index is 723. The third-order valence-corrected chi connectivity index (χ3v) is 3.85. The molecule has 0 radical (unpaired) electrons. The fourth-order valence-electron chi connectivity index (χ4n) is 1.99. The van der Waals surface area contributed by atoms with Gasteiger partial charge in [0.1, 0.15) is 5.58 Å². The zero-order chi connectivity index (χ0) is 13.2. The molecular formula is C15H11BrClNO. The molecule has 0 aliphatic rings. The molecule has 0 amide bonds. The molecule has 0 bridgehead atoms. The van der Waals surface area contributed by atoms with Crippen LogP contribution in [-0.4, -0.2) is 0 Å². The van der Waals surface area contributed by atoms with Gasteiger partial charge in [0, 0.05) is 32.7 Å². The van der Waals surface area contributed by atoms with Gasteiger partial charge in [0.15, 0.2) is 0 Å². The van der Waals surface area contributed by atoms with Crippen LogP contribution in [0, 0.1) is 0 Å². The Labute approximate surface area is 124 Å². The molecule has 19 heavy (non-hydrogen) atoms. The van der Waals surface area contributed by atoms with Gasteiger partial charge >= 0.3 is 0 Å². The topological polar surface area (TPSA) is 25.2 Å². The van der Waals surface area contributed by atoms with Gasteiger partial charge in [0.25, 0.3) is 0 Å². The number of fused-ring (bicyclic) bond motifs is 1. The van der Waals surface area contributed by atoms with E-state index < -0.39 is 0 Å². The van der Waals surface area contributed by atoms with E-state index in [-0.39, 0.29) is 0 Å². The number of furan rings is 1. The second-order valence-corrected chi connectivity index (χ2v) is 5.53. The first-order valence-corrected chi connectivity index (χ1v) is 7.05. The standard InChI is InChI=1S/C15H11BrClNO/c16-13-7-11(17)5-6-14(13)18-8-10-9-19-15-4-2-1-3-12(10)15/h1-7,9,18H,8H2. The second-order valence-electron chi connectivity index (χ2n) is 4.23. The van der Waals surface area contributed by atoms with Gasteiger partial charge in [-0.15, -0.1) is 0 Å². The van der Waals surface area contributed by atoms with Crippen molar-refractivity contribution in [3.8, 4) is 0 Å². The fourth-order valence-corrected chi connectivity index (χ4v) is 2.82.